The molecule has 0 saturated carbocycles. The van der Waals surface area contributed by atoms with Crippen LogP contribution in [0.15, 0.2) is 12.2 Å². The Hall–Kier alpha value is -0.680. The van der Waals surface area contributed by atoms with Gasteiger partial charge in [-0.2, -0.15) is 0 Å². The molecule has 0 aliphatic heterocycles. The van der Waals surface area contributed by atoms with Gasteiger partial charge in [0.2, 0.25) is 0 Å². The molecule has 0 bridgehead atoms. The van der Waals surface area contributed by atoms with Gasteiger partial charge in [0.15, 0.2) is 6.10 Å². The highest BCUT2D eigenvalue weighted by atomic mass is 31.2. The average Bonchev–Trinajstić information content (AvgIpc) is 2.52. The summed E-state index contributed by atoms with van der Waals surface area (Å²) in [5.41, 5.74) is 0. The lowest BCUT2D eigenvalue weighted by molar-refractivity contribution is -0.146. The first kappa shape index (κ1) is 24.3. The number of allylic oxidation sites excluding steroid dienone is 2. The number of carboxylic acids is 1. The molecule has 0 radical (unpaired) electrons. The Bertz CT molecular complexity index is 404. The Morgan fingerprint density at radius 3 is 1.88 bits per heavy atom. The fourth-order valence-electron chi connectivity index (χ4n) is 2.61. The molecule has 0 amide bonds. The fraction of sp³-hybridized carbons (Fsp3) is 0.833. The van der Waals surface area contributed by atoms with E-state index < -0.39 is 19.9 Å². The number of rotatable bonds is 17. The lowest BCUT2D eigenvalue weighted by atomic mass is 10.1. The van der Waals surface area contributed by atoms with Crippen LogP contribution in [0.5, 0.6) is 0 Å². The average molecular weight is 378 g/mol. The van der Waals surface area contributed by atoms with Crippen molar-refractivity contribution in [2.45, 2.75) is 96.5 Å². The summed E-state index contributed by atoms with van der Waals surface area (Å²) in [5.74, 6) is -1.33. The maximum atomic E-state index is 10.9. The van der Waals surface area contributed by atoms with Crippen molar-refractivity contribution in [3.05, 3.63) is 12.2 Å². The molecule has 0 saturated heterocycles. The predicted octanol–water partition coefficient (Wildman–Crippen LogP) is 5.20. The fourth-order valence-corrected chi connectivity index (χ4v) is 3.14. The van der Waals surface area contributed by atoms with E-state index in [4.69, 9.17) is 14.9 Å². The Balaban J connectivity index is 3.52. The smallest absolute Gasteiger partial charge is 0.470 e. The summed E-state index contributed by atoms with van der Waals surface area (Å²) in [4.78, 5) is 28.2. The first-order chi connectivity index (χ1) is 11.9. The molecule has 7 heteroatoms. The van der Waals surface area contributed by atoms with Gasteiger partial charge in [0, 0.05) is 0 Å². The summed E-state index contributed by atoms with van der Waals surface area (Å²) in [5, 5.41) is 8.86. The number of hydrogen-bond donors (Lipinski definition) is 3. The summed E-state index contributed by atoms with van der Waals surface area (Å²) in [6, 6.07) is 0. The molecule has 1 atom stereocenters. The highest BCUT2D eigenvalue weighted by molar-refractivity contribution is 7.46. The van der Waals surface area contributed by atoms with E-state index in [1.165, 1.54) is 38.5 Å². The van der Waals surface area contributed by atoms with Crippen molar-refractivity contribution >= 4 is 13.8 Å². The summed E-state index contributed by atoms with van der Waals surface area (Å²) >= 11 is 0. The van der Waals surface area contributed by atoms with Crippen molar-refractivity contribution in [3.63, 3.8) is 0 Å². The van der Waals surface area contributed by atoms with Gasteiger partial charge < -0.3 is 14.9 Å². The van der Waals surface area contributed by atoms with E-state index in [1.54, 1.807) is 0 Å². The quantitative estimate of drug-likeness (QED) is 0.183. The van der Waals surface area contributed by atoms with Crippen LogP contribution in [0.3, 0.4) is 0 Å². The van der Waals surface area contributed by atoms with Crippen LogP contribution in [-0.4, -0.2) is 27.0 Å². The Kier molecular flexibility index (Phi) is 15.1. The first-order valence-electron chi connectivity index (χ1n) is 9.48. The third-order valence-electron chi connectivity index (χ3n) is 4.02. The maximum Gasteiger partial charge on any atom is 0.470 e. The molecule has 0 fully saturated rings. The van der Waals surface area contributed by atoms with E-state index in [9.17, 15) is 9.36 Å². The highest BCUT2D eigenvalue weighted by Gasteiger charge is 2.27. The monoisotopic (exact) mass is 378 g/mol. The minimum Gasteiger partial charge on any atom is -0.479 e. The van der Waals surface area contributed by atoms with Gasteiger partial charge in [-0.1, -0.05) is 70.4 Å². The third-order valence-corrected chi connectivity index (χ3v) is 4.55. The second kappa shape index (κ2) is 15.6. The molecule has 0 heterocycles. The zero-order valence-corrected chi connectivity index (χ0v) is 16.3. The minimum atomic E-state index is -4.75. The molecule has 0 spiro atoms. The minimum absolute atomic E-state index is 0.119. The van der Waals surface area contributed by atoms with E-state index in [0.29, 0.717) is 6.42 Å². The number of hydrogen-bond acceptors (Lipinski definition) is 3. The lowest BCUT2D eigenvalue weighted by Gasteiger charge is -2.13. The molecule has 0 aromatic heterocycles. The number of phosphoric acid groups is 1. The van der Waals surface area contributed by atoms with Crippen LogP contribution in [0, 0.1) is 0 Å². The van der Waals surface area contributed by atoms with Crippen molar-refractivity contribution in [3.8, 4) is 0 Å². The second-order valence-corrected chi connectivity index (χ2v) is 7.63. The Labute approximate surface area is 151 Å². The van der Waals surface area contributed by atoms with E-state index >= 15 is 0 Å². The van der Waals surface area contributed by atoms with Crippen LogP contribution >= 0.6 is 7.82 Å². The summed E-state index contributed by atoms with van der Waals surface area (Å²) < 4.78 is 15.0. The molecule has 148 valence electrons. The van der Waals surface area contributed by atoms with Gasteiger partial charge >= 0.3 is 13.8 Å². The molecule has 0 aromatic rings. The van der Waals surface area contributed by atoms with Crippen LogP contribution in [-0.2, 0) is 13.9 Å². The lowest BCUT2D eigenvalue weighted by Crippen LogP contribution is -2.22. The molecule has 6 nitrogen and oxygen atoms in total. The third kappa shape index (κ3) is 17.9. The van der Waals surface area contributed by atoms with Crippen LogP contribution in [0.2, 0.25) is 0 Å². The van der Waals surface area contributed by atoms with E-state index in [0.717, 1.165) is 32.1 Å². The van der Waals surface area contributed by atoms with Gasteiger partial charge in [-0.05, 0) is 32.1 Å². The summed E-state index contributed by atoms with van der Waals surface area (Å²) in [6.07, 6.45) is 16.6. The van der Waals surface area contributed by atoms with Crippen molar-refractivity contribution in [2.24, 2.45) is 0 Å². The van der Waals surface area contributed by atoms with Gasteiger partial charge in [-0.25, -0.2) is 9.36 Å². The molecular formula is C18H35O6P. The van der Waals surface area contributed by atoms with Gasteiger partial charge in [0.25, 0.3) is 0 Å². The van der Waals surface area contributed by atoms with E-state index in [1.807, 2.05) is 0 Å². The zero-order valence-electron chi connectivity index (χ0n) is 15.4. The topological polar surface area (TPSA) is 104 Å². The molecule has 1 unspecified atom stereocenters. The predicted molar refractivity (Wildman–Crippen MR) is 99.4 cm³/mol. The maximum absolute atomic E-state index is 10.9. The first-order valence-corrected chi connectivity index (χ1v) is 11.0. The number of carbonyl (C=O) groups is 1. The molecule has 3 N–H and O–H groups in total. The molecule has 25 heavy (non-hydrogen) atoms. The van der Waals surface area contributed by atoms with Gasteiger partial charge in [-0.3, -0.25) is 4.52 Å². The largest absolute Gasteiger partial charge is 0.479 e. The van der Waals surface area contributed by atoms with Crippen LogP contribution in [0.4, 0.5) is 0 Å². The van der Waals surface area contributed by atoms with Crippen molar-refractivity contribution < 1.29 is 28.8 Å². The number of phosphoric ester groups is 1. The van der Waals surface area contributed by atoms with Crippen LogP contribution < -0.4 is 0 Å². The van der Waals surface area contributed by atoms with Gasteiger partial charge in [0.05, 0.1) is 0 Å². The molecule has 0 aliphatic rings. The van der Waals surface area contributed by atoms with Crippen molar-refractivity contribution in [1.82, 2.24) is 0 Å². The van der Waals surface area contributed by atoms with Crippen molar-refractivity contribution in [2.75, 3.05) is 0 Å². The van der Waals surface area contributed by atoms with E-state index in [-0.39, 0.29) is 6.42 Å². The number of aliphatic carboxylic acids is 1. The molecule has 0 aliphatic carbocycles. The van der Waals surface area contributed by atoms with Gasteiger partial charge in [0.1, 0.15) is 0 Å². The van der Waals surface area contributed by atoms with E-state index in [2.05, 4.69) is 23.6 Å². The number of carboxylic acid groups (broad SMARTS) is 1. The second-order valence-electron chi connectivity index (χ2n) is 6.44. The SMILES string of the molecule is CCCCCCCC/C=C\CCCCCCC(OP(=O)(O)O)C(=O)O. The van der Waals surface area contributed by atoms with Crippen LogP contribution in [0.25, 0.3) is 0 Å². The summed E-state index contributed by atoms with van der Waals surface area (Å²) in [6.45, 7) is 2.23. The Morgan fingerprint density at radius 1 is 0.920 bits per heavy atom. The highest BCUT2D eigenvalue weighted by Crippen LogP contribution is 2.38. The molecule has 0 rings (SSSR count). The normalized spacial score (nSPS) is 13.4. The molecule has 0 aromatic carbocycles. The van der Waals surface area contributed by atoms with Crippen LogP contribution in [0.1, 0.15) is 90.4 Å². The standard InChI is InChI=1S/C18H35O6P/c1-2-3-4-5-6-7-8-9-10-11-12-13-14-15-16-17(18(19)20)24-25(21,22)23/h9-10,17H,2-8,11-16H2,1H3,(H,19,20)(H2,21,22,23)/b10-9-. The molecular weight excluding hydrogens is 343 g/mol. The Morgan fingerprint density at radius 2 is 1.40 bits per heavy atom. The summed E-state index contributed by atoms with van der Waals surface area (Å²) in [7, 11) is -4.75. The zero-order chi connectivity index (χ0) is 19.0. The van der Waals surface area contributed by atoms with Crippen molar-refractivity contribution in [1.29, 1.82) is 0 Å². The van der Waals surface area contributed by atoms with Gasteiger partial charge in [-0.15, -0.1) is 0 Å². The number of unbranched alkanes of at least 4 members (excludes halogenated alkanes) is 10.